The molecule has 0 bridgehead atoms. The van der Waals surface area contributed by atoms with Crippen molar-refractivity contribution < 1.29 is 22.7 Å². The van der Waals surface area contributed by atoms with Gasteiger partial charge in [-0.2, -0.15) is 4.98 Å². The van der Waals surface area contributed by atoms with Crippen LogP contribution in [0.3, 0.4) is 0 Å². The molecule has 4 heterocycles. The number of carbonyl (C=O) groups is 2. The minimum Gasteiger partial charge on any atom is -0.472 e. The Bertz CT molecular complexity index is 1020. The van der Waals surface area contributed by atoms with E-state index in [1.54, 1.807) is 29.8 Å². The van der Waals surface area contributed by atoms with E-state index < -0.39 is 15.6 Å². The number of piperidine rings is 1. The molecule has 2 saturated heterocycles. The minimum atomic E-state index is -3.19. The summed E-state index contributed by atoms with van der Waals surface area (Å²) in [6, 6.07) is -0.162. The van der Waals surface area contributed by atoms with E-state index >= 15 is 0 Å². The van der Waals surface area contributed by atoms with Gasteiger partial charge in [0.2, 0.25) is 21.9 Å². The van der Waals surface area contributed by atoms with Crippen LogP contribution < -0.4 is 15.0 Å². The fourth-order valence-corrected chi connectivity index (χ4v) is 5.35. The molecule has 1 atom stereocenters. The normalized spacial score (nSPS) is 24.2. The topological polar surface area (TPSA) is 125 Å². The molecule has 1 aromatic rings. The van der Waals surface area contributed by atoms with Crippen molar-refractivity contribution in [2.24, 2.45) is 0 Å². The highest BCUT2D eigenvalue weighted by Gasteiger charge is 2.46. The summed E-state index contributed by atoms with van der Waals surface area (Å²) in [5, 5.41) is 3.27. The summed E-state index contributed by atoms with van der Waals surface area (Å²) >= 11 is 0. The van der Waals surface area contributed by atoms with E-state index in [0.29, 0.717) is 63.0 Å². The number of anilines is 2. The number of hydrogen-bond donors (Lipinski definition) is 1. The molecule has 4 rings (SSSR count). The summed E-state index contributed by atoms with van der Waals surface area (Å²) in [7, 11) is -3.19. The minimum absolute atomic E-state index is 0.0156. The number of aromatic nitrogens is 2. The summed E-state index contributed by atoms with van der Waals surface area (Å²) in [4.78, 5) is 37.4. The predicted octanol–water partition coefficient (Wildman–Crippen LogP) is 0.437. The second-order valence-corrected chi connectivity index (χ2v) is 11.1. The van der Waals surface area contributed by atoms with E-state index in [1.807, 2.05) is 0 Å². The van der Waals surface area contributed by atoms with Crippen molar-refractivity contribution in [2.45, 2.75) is 57.7 Å². The van der Waals surface area contributed by atoms with Crippen molar-refractivity contribution in [3.8, 4) is 5.75 Å². The van der Waals surface area contributed by atoms with Crippen LogP contribution in [-0.2, 0) is 19.6 Å². The molecule has 11 nitrogen and oxygen atoms in total. The first-order valence-electron chi connectivity index (χ1n) is 10.8. The first-order valence-corrected chi connectivity index (χ1v) is 12.7. The molecule has 12 heteroatoms. The second-order valence-electron chi connectivity index (χ2n) is 9.16. The van der Waals surface area contributed by atoms with Gasteiger partial charge in [-0.3, -0.25) is 14.5 Å². The van der Waals surface area contributed by atoms with E-state index in [4.69, 9.17) is 4.74 Å². The maximum Gasteiger partial charge on any atom is 0.272 e. The summed E-state index contributed by atoms with van der Waals surface area (Å²) in [5.74, 6) is 0.970. The van der Waals surface area contributed by atoms with Crippen LogP contribution in [0.25, 0.3) is 0 Å². The number of sulfonamides is 1. The number of ether oxygens (including phenoxy) is 1. The van der Waals surface area contributed by atoms with Gasteiger partial charge in [-0.15, -0.1) is 0 Å². The Morgan fingerprint density at radius 1 is 1.22 bits per heavy atom. The van der Waals surface area contributed by atoms with E-state index in [0.717, 1.165) is 0 Å². The van der Waals surface area contributed by atoms with Crippen molar-refractivity contribution in [2.75, 3.05) is 42.7 Å². The molecule has 1 aromatic heterocycles. The molecule has 0 spiro atoms. The van der Waals surface area contributed by atoms with Crippen LogP contribution in [0.15, 0.2) is 6.20 Å². The van der Waals surface area contributed by atoms with E-state index in [9.17, 15) is 18.0 Å². The number of hydrogen-bond acceptors (Lipinski definition) is 8. The smallest absolute Gasteiger partial charge is 0.272 e. The maximum atomic E-state index is 13.3. The van der Waals surface area contributed by atoms with Gasteiger partial charge in [0.15, 0.2) is 17.2 Å². The highest BCUT2D eigenvalue weighted by molar-refractivity contribution is 7.88. The molecule has 0 radical (unpaired) electrons. The van der Waals surface area contributed by atoms with Crippen molar-refractivity contribution in [3.05, 3.63) is 6.20 Å². The van der Waals surface area contributed by atoms with Crippen molar-refractivity contribution >= 4 is 33.6 Å². The fraction of sp³-hybridized carbons (Fsp3) is 0.700. The number of nitrogens with zero attached hydrogens (tertiary/aromatic N) is 5. The monoisotopic (exact) mass is 466 g/mol. The summed E-state index contributed by atoms with van der Waals surface area (Å²) in [6.07, 6.45) is 4.72. The fourth-order valence-electron chi connectivity index (χ4n) is 4.47. The van der Waals surface area contributed by atoms with Crippen molar-refractivity contribution in [1.29, 1.82) is 0 Å². The third kappa shape index (κ3) is 4.38. The molecule has 0 aliphatic carbocycles. The number of amides is 2. The predicted molar refractivity (Wildman–Crippen MR) is 118 cm³/mol. The van der Waals surface area contributed by atoms with Crippen LogP contribution in [-0.4, -0.2) is 89.5 Å². The second kappa shape index (κ2) is 8.14. The average Bonchev–Trinajstić information content (AvgIpc) is 3.19. The summed E-state index contributed by atoms with van der Waals surface area (Å²) < 4.78 is 30.8. The molecule has 0 saturated carbocycles. The molecule has 32 heavy (non-hydrogen) atoms. The van der Waals surface area contributed by atoms with Gasteiger partial charge in [-0.05, 0) is 33.1 Å². The molecule has 3 aliphatic rings. The zero-order chi connectivity index (χ0) is 23.3. The van der Waals surface area contributed by atoms with Gasteiger partial charge >= 0.3 is 0 Å². The van der Waals surface area contributed by atoms with Gasteiger partial charge in [0, 0.05) is 39.1 Å². The lowest BCUT2D eigenvalue weighted by Gasteiger charge is -2.40. The van der Waals surface area contributed by atoms with E-state index in [2.05, 4.69) is 15.3 Å². The van der Waals surface area contributed by atoms with Crippen LogP contribution in [0.5, 0.6) is 5.75 Å². The lowest BCUT2D eigenvalue weighted by atomic mass is 10.0. The van der Waals surface area contributed by atoms with Crippen LogP contribution in [0.1, 0.15) is 40.0 Å². The Balaban J connectivity index is 1.55. The number of carbonyl (C=O) groups excluding carboxylic acids is 2. The van der Waals surface area contributed by atoms with Crippen molar-refractivity contribution in [3.63, 3.8) is 0 Å². The zero-order valence-corrected chi connectivity index (χ0v) is 19.7. The molecule has 1 N–H and O–H groups in total. The van der Waals surface area contributed by atoms with Crippen molar-refractivity contribution in [1.82, 2.24) is 19.2 Å². The quantitative estimate of drug-likeness (QED) is 0.678. The maximum absolute atomic E-state index is 13.3. The molecule has 3 aliphatic heterocycles. The third-order valence-corrected chi connectivity index (χ3v) is 7.60. The van der Waals surface area contributed by atoms with Gasteiger partial charge in [-0.1, -0.05) is 0 Å². The highest BCUT2D eigenvalue weighted by atomic mass is 32.2. The highest BCUT2D eigenvalue weighted by Crippen LogP contribution is 2.39. The van der Waals surface area contributed by atoms with E-state index in [1.165, 1.54) is 17.5 Å². The van der Waals surface area contributed by atoms with Crippen LogP contribution >= 0.6 is 0 Å². The SMILES string of the molecule is CC(=O)N1CC[C@H](N2C(=O)C(C)(C)Oc3cnc(NC4CCN(S(C)(=O)=O)CC4)nc32)C1. The summed E-state index contributed by atoms with van der Waals surface area (Å²) in [5.41, 5.74) is -1.06. The Morgan fingerprint density at radius 2 is 1.91 bits per heavy atom. The van der Waals surface area contributed by atoms with Gasteiger partial charge in [-0.25, -0.2) is 17.7 Å². The van der Waals surface area contributed by atoms with Gasteiger partial charge < -0.3 is 15.0 Å². The van der Waals surface area contributed by atoms with Gasteiger partial charge in [0.1, 0.15) is 0 Å². The molecule has 2 fully saturated rings. The first kappa shape index (κ1) is 22.7. The first-order chi connectivity index (χ1) is 15.0. The van der Waals surface area contributed by atoms with Gasteiger partial charge in [0.05, 0.1) is 18.5 Å². The van der Waals surface area contributed by atoms with Crippen LogP contribution in [0.4, 0.5) is 11.8 Å². The Hall–Kier alpha value is -2.47. The Morgan fingerprint density at radius 3 is 2.50 bits per heavy atom. The number of likely N-dealkylation sites (tertiary alicyclic amines) is 1. The number of rotatable bonds is 4. The van der Waals surface area contributed by atoms with E-state index in [-0.39, 0.29) is 23.9 Å². The number of nitrogens with one attached hydrogen (secondary N) is 1. The lowest BCUT2D eigenvalue weighted by Crippen LogP contribution is -2.57. The Kier molecular flexibility index (Phi) is 5.78. The molecule has 2 amide bonds. The molecule has 0 aromatic carbocycles. The number of fused-ring (bicyclic) bond motifs is 1. The van der Waals surface area contributed by atoms with Crippen LogP contribution in [0, 0.1) is 0 Å². The Labute approximate surface area is 188 Å². The zero-order valence-electron chi connectivity index (χ0n) is 18.9. The standard InChI is InChI=1S/C20H30N6O5S/c1-13(27)24-8-7-15(12-24)26-17-16(31-20(2,3)18(26)28)11-21-19(23-17)22-14-5-9-25(10-6-14)32(4,29)30/h11,14-15H,5-10,12H2,1-4H3,(H,21,22,23)/t15-/m0/s1. The molecule has 176 valence electrons. The molecular weight excluding hydrogens is 436 g/mol. The van der Waals surface area contributed by atoms with Crippen LogP contribution in [0.2, 0.25) is 0 Å². The molecule has 0 unspecified atom stereocenters. The largest absolute Gasteiger partial charge is 0.472 e. The lowest BCUT2D eigenvalue weighted by molar-refractivity contribution is -0.133. The third-order valence-electron chi connectivity index (χ3n) is 6.29. The summed E-state index contributed by atoms with van der Waals surface area (Å²) in [6.45, 7) is 6.87. The average molecular weight is 467 g/mol. The molecular formula is C20H30N6O5S. The van der Waals surface area contributed by atoms with Gasteiger partial charge in [0.25, 0.3) is 5.91 Å².